The third-order valence-corrected chi connectivity index (χ3v) is 4.46. The summed E-state index contributed by atoms with van der Waals surface area (Å²) in [5.41, 5.74) is 0. The molecule has 5 nitrogen and oxygen atoms in total. The summed E-state index contributed by atoms with van der Waals surface area (Å²) in [5.74, 6) is -0.311. The fraction of sp³-hybridized carbons (Fsp3) is 0.571. The van der Waals surface area contributed by atoms with E-state index in [2.05, 4.69) is 10.6 Å². The van der Waals surface area contributed by atoms with Gasteiger partial charge in [-0.2, -0.15) is 0 Å². The molecule has 0 bridgehead atoms. The summed E-state index contributed by atoms with van der Waals surface area (Å²) in [6, 6.07) is 3.55. The number of piperidine rings is 1. The van der Waals surface area contributed by atoms with Crippen LogP contribution in [0.3, 0.4) is 0 Å². The molecule has 1 saturated heterocycles. The van der Waals surface area contributed by atoms with Crippen molar-refractivity contribution in [2.24, 2.45) is 5.92 Å². The Balaban J connectivity index is 1.99. The molecule has 0 saturated carbocycles. The fourth-order valence-electron chi connectivity index (χ4n) is 2.33. The molecule has 1 aliphatic rings. The summed E-state index contributed by atoms with van der Waals surface area (Å²) in [6.07, 6.45) is 2.08. The van der Waals surface area contributed by atoms with Crippen molar-refractivity contribution in [1.82, 2.24) is 10.6 Å². The smallest absolute Gasteiger partial charge is 0.307 e. The van der Waals surface area contributed by atoms with E-state index in [0.717, 1.165) is 24.3 Å². The molecule has 0 spiro atoms. The van der Waals surface area contributed by atoms with Crippen LogP contribution in [0.4, 0.5) is 0 Å². The highest BCUT2D eigenvalue weighted by atomic mass is 32.1. The number of hydrogen-bond acceptors (Lipinski definition) is 5. The normalized spacial score (nSPS) is 20.1. The van der Waals surface area contributed by atoms with Crippen molar-refractivity contribution in [2.75, 3.05) is 20.2 Å². The van der Waals surface area contributed by atoms with E-state index in [-0.39, 0.29) is 30.3 Å². The zero-order chi connectivity index (χ0) is 14.4. The van der Waals surface area contributed by atoms with Gasteiger partial charge in [0.05, 0.1) is 25.5 Å². The fourth-order valence-corrected chi connectivity index (χ4v) is 3.11. The topological polar surface area (TPSA) is 67.4 Å². The number of amides is 1. The number of ether oxygens (including phenoxy) is 1. The van der Waals surface area contributed by atoms with Gasteiger partial charge in [-0.1, -0.05) is 6.07 Å². The van der Waals surface area contributed by atoms with Crippen LogP contribution >= 0.6 is 11.3 Å². The first-order valence-corrected chi connectivity index (χ1v) is 7.70. The van der Waals surface area contributed by atoms with Crippen LogP contribution < -0.4 is 10.6 Å². The van der Waals surface area contributed by atoms with Crippen molar-refractivity contribution in [1.29, 1.82) is 0 Å². The Labute approximate surface area is 122 Å². The molecule has 2 atom stereocenters. The van der Waals surface area contributed by atoms with Gasteiger partial charge in [-0.05, 0) is 30.8 Å². The molecular formula is C14H20N2O3S. The van der Waals surface area contributed by atoms with Crippen LogP contribution in [0.25, 0.3) is 0 Å². The highest BCUT2D eigenvalue weighted by Gasteiger charge is 2.25. The van der Waals surface area contributed by atoms with Gasteiger partial charge in [0.25, 0.3) is 0 Å². The van der Waals surface area contributed by atoms with Gasteiger partial charge in [-0.3, -0.25) is 9.59 Å². The zero-order valence-corrected chi connectivity index (χ0v) is 12.4. The van der Waals surface area contributed by atoms with Crippen molar-refractivity contribution in [3.05, 3.63) is 22.4 Å². The third-order valence-electron chi connectivity index (χ3n) is 3.47. The Bertz CT molecular complexity index is 441. The highest BCUT2D eigenvalue weighted by molar-refractivity contribution is 7.10. The second-order valence-corrected chi connectivity index (χ2v) is 5.88. The van der Waals surface area contributed by atoms with Crippen LogP contribution in [-0.2, 0) is 14.3 Å². The SMILES string of the molecule is COC(=O)CC(NC(=O)C1CCCNC1)c1cccs1. The van der Waals surface area contributed by atoms with Gasteiger partial charge >= 0.3 is 5.97 Å². The van der Waals surface area contributed by atoms with Crippen molar-refractivity contribution < 1.29 is 14.3 Å². The van der Waals surface area contributed by atoms with Crippen molar-refractivity contribution >= 4 is 23.2 Å². The molecule has 110 valence electrons. The van der Waals surface area contributed by atoms with Gasteiger partial charge in [0.15, 0.2) is 0 Å². The van der Waals surface area contributed by atoms with E-state index in [1.165, 1.54) is 18.4 Å². The van der Waals surface area contributed by atoms with E-state index in [1.807, 2.05) is 17.5 Å². The van der Waals surface area contributed by atoms with Crippen molar-refractivity contribution in [2.45, 2.75) is 25.3 Å². The van der Waals surface area contributed by atoms with Crippen LogP contribution in [0, 0.1) is 5.92 Å². The standard InChI is InChI=1S/C14H20N2O3S/c1-19-13(17)8-11(12-5-3-7-20-12)16-14(18)10-4-2-6-15-9-10/h3,5,7,10-11,15H,2,4,6,8-9H2,1H3,(H,16,18). The molecule has 6 heteroatoms. The number of rotatable bonds is 5. The van der Waals surface area contributed by atoms with Crippen LogP contribution in [0.15, 0.2) is 17.5 Å². The first-order valence-electron chi connectivity index (χ1n) is 6.82. The lowest BCUT2D eigenvalue weighted by Gasteiger charge is -2.24. The Hall–Kier alpha value is -1.40. The molecule has 2 rings (SSSR count). The minimum Gasteiger partial charge on any atom is -0.469 e. The molecule has 2 unspecified atom stereocenters. The van der Waals surface area contributed by atoms with Crippen molar-refractivity contribution in [3.63, 3.8) is 0 Å². The molecule has 1 aromatic heterocycles. The zero-order valence-electron chi connectivity index (χ0n) is 11.6. The quantitative estimate of drug-likeness (QED) is 0.808. The summed E-state index contributed by atoms with van der Waals surface area (Å²) in [5, 5.41) is 8.15. The largest absolute Gasteiger partial charge is 0.469 e. The average molecular weight is 296 g/mol. The third kappa shape index (κ3) is 4.05. The average Bonchev–Trinajstić information content (AvgIpc) is 3.01. The van der Waals surface area contributed by atoms with Gasteiger partial charge in [-0.15, -0.1) is 11.3 Å². The van der Waals surface area contributed by atoms with Crippen LogP contribution in [0.2, 0.25) is 0 Å². The van der Waals surface area contributed by atoms with E-state index in [4.69, 9.17) is 4.74 Å². The van der Waals surface area contributed by atoms with Crippen LogP contribution in [0.1, 0.15) is 30.2 Å². The maximum atomic E-state index is 12.3. The predicted octanol–water partition coefficient (Wildman–Crippen LogP) is 1.47. The lowest BCUT2D eigenvalue weighted by atomic mass is 9.98. The lowest BCUT2D eigenvalue weighted by Crippen LogP contribution is -2.42. The molecule has 20 heavy (non-hydrogen) atoms. The summed E-state index contributed by atoms with van der Waals surface area (Å²) in [4.78, 5) is 24.7. The number of carbonyl (C=O) groups excluding carboxylic acids is 2. The van der Waals surface area contributed by atoms with Crippen LogP contribution in [0.5, 0.6) is 0 Å². The van der Waals surface area contributed by atoms with Gasteiger partial charge in [0, 0.05) is 11.4 Å². The number of methoxy groups -OCH3 is 1. The van der Waals surface area contributed by atoms with Crippen LogP contribution in [-0.4, -0.2) is 32.1 Å². The second kappa shape index (κ2) is 7.40. The summed E-state index contributed by atoms with van der Waals surface area (Å²) < 4.78 is 4.71. The second-order valence-electron chi connectivity index (χ2n) is 4.90. The number of esters is 1. The molecule has 2 heterocycles. The molecule has 0 aromatic carbocycles. The molecule has 0 aliphatic carbocycles. The first kappa shape index (κ1) is 15.0. The van der Waals surface area contributed by atoms with E-state index in [1.54, 1.807) is 0 Å². The van der Waals surface area contributed by atoms with E-state index in [9.17, 15) is 9.59 Å². The summed E-state index contributed by atoms with van der Waals surface area (Å²) in [7, 11) is 1.36. The summed E-state index contributed by atoms with van der Waals surface area (Å²) >= 11 is 1.53. The molecule has 2 N–H and O–H groups in total. The number of carbonyl (C=O) groups is 2. The van der Waals surface area contributed by atoms with Crippen molar-refractivity contribution in [3.8, 4) is 0 Å². The monoisotopic (exact) mass is 296 g/mol. The molecule has 1 aromatic rings. The van der Waals surface area contributed by atoms with E-state index in [0.29, 0.717) is 6.54 Å². The Morgan fingerprint density at radius 2 is 2.45 bits per heavy atom. The molecule has 0 radical (unpaired) electrons. The molecule has 1 aliphatic heterocycles. The number of thiophene rings is 1. The Morgan fingerprint density at radius 3 is 3.05 bits per heavy atom. The minimum absolute atomic E-state index is 0.0103. The number of hydrogen-bond donors (Lipinski definition) is 2. The highest BCUT2D eigenvalue weighted by Crippen LogP contribution is 2.23. The predicted molar refractivity (Wildman–Crippen MR) is 77.4 cm³/mol. The van der Waals surface area contributed by atoms with Gasteiger partial charge in [-0.25, -0.2) is 0 Å². The summed E-state index contributed by atoms with van der Waals surface area (Å²) in [6.45, 7) is 1.68. The number of nitrogens with one attached hydrogen (secondary N) is 2. The molecular weight excluding hydrogens is 276 g/mol. The Kier molecular flexibility index (Phi) is 5.55. The van der Waals surface area contributed by atoms with Gasteiger partial charge in [0.2, 0.25) is 5.91 Å². The maximum Gasteiger partial charge on any atom is 0.307 e. The first-order chi connectivity index (χ1) is 9.70. The Morgan fingerprint density at radius 1 is 1.60 bits per heavy atom. The molecule has 1 fully saturated rings. The maximum absolute atomic E-state index is 12.3. The van der Waals surface area contributed by atoms with Gasteiger partial charge in [0.1, 0.15) is 0 Å². The molecule has 1 amide bonds. The van der Waals surface area contributed by atoms with Gasteiger partial charge < -0.3 is 15.4 Å². The lowest BCUT2D eigenvalue weighted by molar-refractivity contribution is -0.141. The minimum atomic E-state index is -0.314. The van der Waals surface area contributed by atoms with E-state index < -0.39 is 0 Å². The van der Waals surface area contributed by atoms with E-state index >= 15 is 0 Å².